The summed E-state index contributed by atoms with van der Waals surface area (Å²) in [4.78, 5) is 13.2. The normalized spacial score (nSPS) is 11.1. The second-order valence-electron chi connectivity index (χ2n) is 7.70. The maximum Gasteiger partial charge on any atom is 0.240 e. The van der Waals surface area contributed by atoms with Gasteiger partial charge in [-0.2, -0.15) is 5.10 Å². The highest BCUT2D eigenvalue weighted by Gasteiger charge is 2.03. The van der Waals surface area contributed by atoms with Gasteiger partial charge in [-0.1, -0.05) is 60.2 Å². The lowest BCUT2D eigenvalue weighted by Gasteiger charge is -2.09. The molecule has 1 N–H and O–H groups in total. The molecule has 4 aromatic carbocycles. The monoisotopic (exact) mass is 454 g/mol. The highest BCUT2D eigenvalue weighted by molar-refractivity contribution is 7.99. The first-order valence-corrected chi connectivity index (χ1v) is 11.9. The zero-order valence-corrected chi connectivity index (χ0v) is 19.3. The molecule has 0 aromatic heterocycles. The molecule has 0 bridgehead atoms. The van der Waals surface area contributed by atoms with E-state index in [0.717, 1.165) is 16.9 Å². The van der Waals surface area contributed by atoms with Crippen LogP contribution in [0.3, 0.4) is 0 Å². The molecule has 5 heteroatoms. The molecule has 0 fully saturated rings. The van der Waals surface area contributed by atoms with Crippen LogP contribution in [0.25, 0.3) is 10.8 Å². The SMILES string of the molecule is Cc1ccc(SCCC(=O)N/N=C\c2ccc(OCc3cccc4ccccc34)cc2)cc1. The van der Waals surface area contributed by atoms with Gasteiger partial charge in [0.15, 0.2) is 0 Å². The maximum atomic E-state index is 12.0. The van der Waals surface area contributed by atoms with Crippen LogP contribution in [0.2, 0.25) is 0 Å². The number of benzene rings is 4. The summed E-state index contributed by atoms with van der Waals surface area (Å²) in [6, 6.07) is 30.5. The molecule has 4 nitrogen and oxygen atoms in total. The largest absolute Gasteiger partial charge is 0.489 e. The van der Waals surface area contributed by atoms with Crippen LogP contribution in [-0.2, 0) is 11.4 Å². The number of nitrogens with one attached hydrogen (secondary N) is 1. The van der Waals surface area contributed by atoms with E-state index in [1.807, 2.05) is 36.4 Å². The molecule has 0 aliphatic heterocycles. The van der Waals surface area contributed by atoms with Crippen molar-refractivity contribution in [2.75, 3.05) is 5.75 Å². The van der Waals surface area contributed by atoms with Gasteiger partial charge in [0.1, 0.15) is 12.4 Å². The Hall–Kier alpha value is -3.57. The van der Waals surface area contributed by atoms with Gasteiger partial charge in [0.25, 0.3) is 0 Å². The van der Waals surface area contributed by atoms with Crippen molar-refractivity contribution in [3.8, 4) is 5.75 Å². The quantitative estimate of drug-likeness (QED) is 0.182. The molecule has 0 radical (unpaired) electrons. The third-order valence-electron chi connectivity index (χ3n) is 5.18. The zero-order chi connectivity index (χ0) is 22.9. The molecular formula is C28H26N2O2S. The predicted octanol–water partition coefficient (Wildman–Crippen LogP) is 6.36. The van der Waals surface area contributed by atoms with E-state index in [2.05, 4.69) is 72.0 Å². The van der Waals surface area contributed by atoms with Crippen molar-refractivity contribution in [2.24, 2.45) is 5.10 Å². The van der Waals surface area contributed by atoms with Crippen molar-refractivity contribution in [3.63, 3.8) is 0 Å². The Kier molecular flexibility index (Phi) is 7.77. The Balaban J connectivity index is 1.21. The van der Waals surface area contributed by atoms with Crippen LogP contribution >= 0.6 is 11.8 Å². The average Bonchev–Trinajstić information content (AvgIpc) is 2.85. The number of carbonyl (C=O) groups is 1. The number of hydrazone groups is 1. The van der Waals surface area contributed by atoms with Crippen molar-refractivity contribution in [3.05, 3.63) is 108 Å². The number of thioether (sulfide) groups is 1. The first-order valence-electron chi connectivity index (χ1n) is 10.9. The molecule has 0 atom stereocenters. The molecule has 4 aromatic rings. The van der Waals surface area contributed by atoms with Crippen LogP contribution < -0.4 is 10.2 Å². The van der Waals surface area contributed by atoms with Gasteiger partial charge in [-0.15, -0.1) is 11.8 Å². The van der Waals surface area contributed by atoms with Crippen LogP contribution in [0.15, 0.2) is 101 Å². The van der Waals surface area contributed by atoms with Gasteiger partial charge in [0, 0.05) is 17.1 Å². The Morgan fingerprint density at radius 3 is 2.52 bits per heavy atom. The number of carbonyl (C=O) groups excluding carboxylic acids is 1. The summed E-state index contributed by atoms with van der Waals surface area (Å²) in [5, 5.41) is 6.48. The van der Waals surface area contributed by atoms with Crippen LogP contribution in [0.5, 0.6) is 5.75 Å². The first-order chi connectivity index (χ1) is 16.2. The van der Waals surface area contributed by atoms with E-state index in [-0.39, 0.29) is 5.91 Å². The topological polar surface area (TPSA) is 50.7 Å². The average molecular weight is 455 g/mol. The fourth-order valence-corrected chi connectivity index (χ4v) is 4.21. The summed E-state index contributed by atoms with van der Waals surface area (Å²) in [6.07, 6.45) is 2.05. The van der Waals surface area contributed by atoms with Gasteiger partial charge in [0.05, 0.1) is 6.21 Å². The smallest absolute Gasteiger partial charge is 0.240 e. The second kappa shape index (κ2) is 11.3. The second-order valence-corrected chi connectivity index (χ2v) is 8.87. The highest BCUT2D eigenvalue weighted by atomic mass is 32.2. The third kappa shape index (κ3) is 6.70. The predicted molar refractivity (Wildman–Crippen MR) is 137 cm³/mol. The fourth-order valence-electron chi connectivity index (χ4n) is 3.36. The van der Waals surface area contributed by atoms with Crippen molar-refractivity contribution >= 4 is 34.7 Å². The number of nitrogens with zero attached hydrogens (tertiary/aromatic N) is 1. The molecule has 0 aliphatic carbocycles. The molecule has 166 valence electrons. The Labute approximate surface area is 198 Å². The van der Waals surface area contributed by atoms with E-state index in [0.29, 0.717) is 18.8 Å². The molecule has 0 saturated carbocycles. The van der Waals surface area contributed by atoms with Gasteiger partial charge >= 0.3 is 0 Å². The standard InChI is InChI=1S/C28H26N2O2S/c1-21-9-15-26(16-10-21)33-18-17-28(31)30-29-19-22-11-13-25(14-12-22)32-20-24-7-4-6-23-5-2-3-8-27(23)24/h2-16,19H,17-18,20H2,1H3,(H,30,31)/b29-19-. The van der Waals surface area contributed by atoms with Crippen LogP contribution in [0.1, 0.15) is 23.1 Å². The molecular weight excluding hydrogens is 428 g/mol. The van der Waals surface area contributed by atoms with Crippen molar-refractivity contribution < 1.29 is 9.53 Å². The minimum atomic E-state index is -0.0964. The highest BCUT2D eigenvalue weighted by Crippen LogP contribution is 2.21. The van der Waals surface area contributed by atoms with Crippen LogP contribution in [-0.4, -0.2) is 17.9 Å². The van der Waals surface area contributed by atoms with E-state index < -0.39 is 0 Å². The van der Waals surface area contributed by atoms with E-state index in [4.69, 9.17) is 4.74 Å². The van der Waals surface area contributed by atoms with Gasteiger partial charge in [-0.25, -0.2) is 5.43 Å². The molecule has 0 aliphatic rings. The summed E-state index contributed by atoms with van der Waals surface area (Å²) in [5.74, 6) is 1.41. The molecule has 4 rings (SSSR count). The number of hydrogen-bond acceptors (Lipinski definition) is 4. The van der Waals surface area contributed by atoms with Gasteiger partial charge in [-0.3, -0.25) is 4.79 Å². The van der Waals surface area contributed by atoms with E-state index >= 15 is 0 Å². The lowest BCUT2D eigenvalue weighted by Crippen LogP contribution is -2.17. The Morgan fingerprint density at radius 2 is 1.70 bits per heavy atom. The van der Waals surface area contributed by atoms with Crippen molar-refractivity contribution in [2.45, 2.75) is 24.8 Å². The molecule has 0 heterocycles. The minimum Gasteiger partial charge on any atom is -0.489 e. The van der Waals surface area contributed by atoms with E-state index in [1.54, 1.807) is 18.0 Å². The number of hydrogen-bond donors (Lipinski definition) is 1. The number of ether oxygens (including phenoxy) is 1. The summed E-state index contributed by atoms with van der Waals surface area (Å²) < 4.78 is 5.97. The Bertz CT molecular complexity index is 1230. The molecule has 0 unspecified atom stereocenters. The lowest BCUT2D eigenvalue weighted by atomic mass is 10.1. The van der Waals surface area contributed by atoms with Crippen LogP contribution in [0, 0.1) is 6.92 Å². The third-order valence-corrected chi connectivity index (χ3v) is 6.19. The number of amides is 1. The molecule has 0 spiro atoms. The summed E-state index contributed by atoms with van der Waals surface area (Å²) in [6.45, 7) is 2.57. The van der Waals surface area contributed by atoms with Crippen LogP contribution in [0.4, 0.5) is 0 Å². The molecule has 0 saturated heterocycles. The van der Waals surface area contributed by atoms with E-state index in [9.17, 15) is 4.79 Å². The molecule has 1 amide bonds. The summed E-state index contributed by atoms with van der Waals surface area (Å²) in [5.41, 5.74) is 5.87. The number of aryl methyl sites for hydroxylation is 1. The van der Waals surface area contributed by atoms with Gasteiger partial charge in [0.2, 0.25) is 5.91 Å². The van der Waals surface area contributed by atoms with Gasteiger partial charge in [-0.05, 0) is 65.2 Å². The molecule has 33 heavy (non-hydrogen) atoms. The van der Waals surface area contributed by atoms with E-state index in [1.165, 1.54) is 21.2 Å². The first kappa shape index (κ1) is 22.6. The summed E-state index contributed by atoms with van der Waals surface area (Å²) in [7, 11) is 0. The number of fused-ring (bicyclic) bond motifs is 1. The minimum absolute atomic E-state index is 0.0964. The summed E-state index contributed by atoms with van der Waals surface area (Å²) >= 11 is 1.67. The van der Waals surface area contributed by atoms with Crippen molar-refractivity contribution in [1.82, 2.24) is 5.43 Å². The lowest BCUT2D eigenvalue weighted by molar-refractivity contribution is -0.120. The fraction of sp³-hybridized carbons (Fsp3) is 0.143. The van der Waals surface area contributed by atoms with Gasteiger partial charge < -0.3 is 4.74 Å². The Morgan fingerprint density at radius 1 is 0.939 bits per heavy atom. The van der Waals surface area contributed by atoms with Crippen molar-refractivity contribution in [1.29, 1.82) is 0 Å². The maximum absolute atomic E-state index is 12.0. The number of rotatable bonds is 9. The zero-order valence-electron chi connectivity index (χ0n) is 18.5.